The fraction of sp³-hybridized carbons (Fsp3) is 0.111. The fourth-order valence-corrected chi connectivity index (χ4v) is 2.46. The molecule has 94 valence electrons. The zero-order chi connectivity index (χ0) is 13.2. The monoisotopic (exact) mass is 247 g/mol. The van der Waals surface area contributed by atoms with Crippen LogP contribution >= 0.6 is 0 Å². The van der Waals surface area contributed by atoms with Gasteiger partial charge in [-0.25, -0.2) is 0 Å². The van der Waals surface area contributed by atoms with Crippen LogP contribution in [0, 0.1) is 13.8 Å². The lowest BCUT2D eigenvalue weighted by Crippen LogP contribution is -1.92. The minimum atomic E-state index is 1.24. The van der Waals surface area contributed by atoms with E-state index in [2.05, 4.69) is 85.4 Å². The zero-order valence-electron chi connectivity index (χ0n) is 11.3. The molecule has 0 aliphatic carbocycles. The summed E-state index contributed by atoms with van der Waals surface area (Å²) in [4.78, 5) is 0. The molecule has 0 bridgehead atoms. The zero-order valence-corrected chi connectivity index (χ0v) is 11.3. The summed E-state index contributed by atoms with van der Waals surface area (Å²) < 4.78 is 2.19. The largest absolute Gasteiger partial charge is 0.323 e. The van der Waals surface area contributed by atoms with Gasteiger partial charge in [-0.2, -0.15) is 0 Å². The van der Waals surface area contributed by atoms with E-state index < -0.39 is 0 Å². The molecule has 19 heavy (non-hydrogen) atoms. The highest BCUT2D eigenvalue weighted by molar-refractivity contribution is 5.67. The van der Waals surface area contributed by atoms with Crippen molar-refractivity contribution in [3.8, 4) is 16.8 Å². The van der Waals surface area contributed by atoms with Crippen molar-refractivity contribution in [2.75, 3.05) is 0 Å². The first kappa shape index (κ1) is 11.8. The average molecular weight is 247 g/mol. The number of rotatable bonds is 2. The molecule has 0 radical (unpaired) electrons. The topological polar surface area (TPSA) is 4.93 Å². The van der Waals surface area contributed by atoms with Gasteiger partial charge >= 0.3 is 0 Å². The minimum Gasteiger partial charge on any atom is -0.323 e. The van der Waals surface area contributed by atoms with E-state index in [4.69, 9.17) is 0 Å². The predicted molar refractivity (Wildman–Crippen MR) is 80.7 cm³/mol. The van der Waals surface area contributed by atoms with E-state index in [1.165, 1.54) is 27.9 Å². The van der Waals surface area contributed by atoms with Gasteiger partial charge in [0, 0.05) is 18.1 Å². The van der Waals surface area contributed by atoms with E-state index in [0.29, 0.717) is 0 Å². The van der Waals surface area contributed by atoms with Crippen molar-refractivity contribution in [1.82, 2.24) is 4.57 Å². The highest BCUT2D eigenvalue weighted by atomic mass is 14.9. The van der Waals surface area contributed by atoms with Crippen LogP contribution in [0.4, 0.5) is 0 Å². The van der Waals surface area contributed by atoms with Crippen LogP contribution in [0.2, 0.25) is 0 Å². The molecule has 0 saturated heterocycles. The Bertz CT molecular complexity index is 647. The first-order valence-corrected chi connectivity index (χ1v) is 6.56. The number of aryl methyl sites for hydroxylation is 2. The molecule has 3 rings (SSSR count). The van der Waals surface area contributed by atoms with Crippen molar-refractivity contribution in [2.45, 2.75) is 13.8 Å². The number of hydrogen-bond acceptors (Lipinski definition) is 0. The molecule has 0 aliphatic heterocycles. The number of nitrogens with zero attached hydrogens (tertiary/aromatic N) is 1. The minimum absolute atomic E-state index is 1.24. The molecule has 3 aromatic rings. The van der Waals surface area contributed by atoms with Crippen LogP contribution in [0.25, 0.3) is 16.8 Å². The highest BCUT2D eigenvalue weighted by Gasteiger charge is 2.05. The first-order chi connectivity index (χ1) is 9.25. The molecule has 0 N–H and O–H groups in total. The average Bonchev–Trinajstić information content (AvgIpc) is 2.89. The predicted octanol–water partition coefficient (Wildman–Crippen LogP) is 4.76. The van der Waals surface area contributed by atoms with Crippen molar-refractivity contribution >= 4 is 0 Å². The lowest BCUT2D eigenvalue weighted by molar-refractivity contribution is 1.06. The molecule has 1 heterocycles. The van der Waals surface area contributed by atoms with Gasteiger partial charge in [0.05, 0.1) is 0 Å². The van der Waals surface area contributed by atoms with E-state index in [-0.39, 0.29) is 0 Å². The molecular formula is C18H17N. The van der Waals surface area contributed by atoms with Gasteiger partial charge in [-0.3, -0.25) is 0 Å². The van der Waals surface area contributed by atoms with E-state index in [1.807, 2.05) is 0 Å². The number of para-hydroxylation sites is 1. The van der Waals surface area contributed by atoms with Crippen LogP contribution < -0.4 is 0 Å². The summed E-state index contributed by atoms with van der Waals surface area (Å²) in [6.07, 6.45) is 4.33. The summed E-state index contributed by atoms with van der Waals surface area (Å²) in [5, 5.41) is 0. The quantitative estimate of drug-likeness (QED) is 0.615. The van der Waals surface area contributed by atoms with E-state index in [1.54, 1.807) is 0 Å². The molecule has 0 atom stereocenters. The van der Waals surface area contributed by atoms with Gasteiger partial charge < -0.3 is 4.57 Å². The summed E-state index contributed by atoms with van der Waals surface area (Å²) in [5.74, 6) is 0. The Kier molecular flexibility index (Phi) is 2.96. The molecule has 1 aromatic heterocycles. The highest BCUT2D eigenvalue weighted by Crippen LogP contribution is 2.25. The summed E-state index contributed by atoms with van der Waals surface area (Å²) in [5.41, 5.74) is 6.40. The number of hydrogen-bond donors (Lipinski definition) is 0. The Morgan fingerprint density at radius 2 is 1.42 bits per heavy atom. The third kappa shape index (κ3) is 2.19. The maximum absolute atomic E-state index is 2.20. The summed E-state index contributed by atoms with van der Waals surface area (Å²) in [7, 11) is 0. The molecule has 1 heteroatoms. The molecule has 1 nitrogen and oxygen atoms in total. The first-order valence-electron chi connectivity index (χ1n) is 6.56. The maximum Gasteiger partial charge on any atom is 0.0478 e. The van der Waals surface area contributed by atoms with E-state index in [9.17, 15) is 0 Å². The summed E-state index contributed by atoms with van der Waals surface area (Å²) in [6, 6.07) is 19.1. The molecule has 0 unspecified atom stereocenters. The van der Waals surface area contributed by atoms with Gasteiger partial charge in [0.2, 0.25) is 0 Å². The van der Waals surface area contributed by atoms with Crippen LogP contribution in [0.5, 0.6) is 0 Å². The van der Waals surface area contributed by atoms with Crippen molar-refractivity contribution in [3.63, 3.8) is 0 Å². The van der Waals surface area contributed by atoms with Gasteiger partial charge in [0.1, 0.15) is 0 Å². The maximum atomic E-state index is 2.20. The van der Waals surface area contributed by atoms with Crippen molar-refractivity contribution in [3.05, 3.63) is 78.1 Å². The normalized spacial score (nSPS) is 10.6. The fourth-order valence-electron chi connectivity index (χ4n) is 2.46. The Labute approximate surface area is 114 Å². The molecule has 0 spiro atoms. The summed E-state index contributed by atoms with van der Waals surface area (Å²) >= 11 is 0. The summed E-state index contributed by atoms with van der Waals surface area (Å²) in [6.45, 7) is 4.29. The van der Waals surface area contributed by atoms with Crippen molar-refractivity contribution in [1.29, 1.82) is 0 Å². The van der Waals surface area contributed by atoms with E-state index >= 15 is 0 Å². The Balaban J connectivity index is 2.06. The van der Waals surface area contributed by atoms with E-state index in [0.717, 1.165) is 0 Å². The van der Waals surface area contributed by atoms with Gasteiger partial charge in [-0.1, -0.05) is 42.5 Å². The Morgan fingerprint density at radius 3 is 2.16 bits per heavy atom. The molecule has 0 amide bonds. The van der Waals surface area contributed by atoms with Gasteiger partial charge in [-0.05, 0) is 48.2 Å². The second-order valence-electron chi connectivity index (χ2n) is 4.91. The third-order valence-electron chi connectivity index (χ3n) is 3.54. The van der Waals surface area contributed by atoms with Gasteiger partial charge in [0.15, 0.2) is 0 Å². The van der Waals surface area contributed by atoms with Gasteiger partial charge in [-0.15, -0.1) is 0 Å². The second kappa shape index (κ2) is 4.77. The molecule has 2 aromatic carbocycles. The molecule has 0 aliphatic rings. The smallest absolute Gasteiger partial charge is 0.0478 e. The number of benzene rings is 2. The Morgan fingerprint density at radius 1 is 0.737 bits per heavy atom. The standard InChI is InChI=1S/C18H17N/c1-14-7-3-5-9-17(14)16-11-12-19(13-16)18-10-6-4-8-15(18)2/h3-13H,1-2H3. The lowest BCUT2D eigenvalue weighted by Gasteiger charge is -2.06. The van der Waals surface area contributed by atoms with Crippen molar-refractivity contribution < 1.29 is 0 Å². The molecule has 0 saturated carbocycles. The number of aromatic nitrogens is 1. The Hall–Kier alpha value is -2.28. The van der Waals surface area contributed by atoms with Crippen molar-refractivity contribution in [2.24, 2.45) is 0 Å². The molecular weight excluding hydrogens is 230 g/mol. The van der Waals surface area contributed by atoms with Gasteiger partial charge in [0.25, 0.3) is 0 Å². The van der Waals surface area contributed by atoms with Crippen LogP contribution in [-0.4, -0.2) is 4.57 Å². The second-order valence-corrected chi connectivity index (χ2v) is 4.91. The lowest BCUT2D eigenvalue weighted by atomic mass is 10.0. The van der Waals surface area contributed by atoms with Crippen LogP contribution in [-0.2, 0) is 0 Å². The third-order valence-corrected chi connectivity index (χ3v) is 3.54. The van der Waals surface area contributed by atoms with Crippen LogP contribution in [0.15, 0.2) is 67.0 Å². The van der Waals surface area contributed by atoms with Crippen LogP contribution in [0.1, 0.15) is 11.1 Å². The molecule has 0 fully saturated rings. The SMILES string of the molecule is Cc1ccccc1-c1ccn(-c2ccccc2C)c1. The van der Waals surface area contributed by atoms with Crippen LogP contribution in [0.3, 0.4) is 0 Å².